The van der Waals surface area contributed by atoms with Gasteiger partial charge in [-0.3, -0.25) is 19.7 Å². The number of Topliss-reactive ketones (excluding diaryl/α,β-unsaturated/α-hetero) is 1. The van der Waals surface area contributed by atoms with Gasteiger partial charge >= 0.3 is 5.97 Å². The van der Waals surface area contributed by atoms with Crippen molar-refractivity contribution in [3.05, 3.63) is 104 Å². The number of nitrogens with zero attached hydrogens (tertiary/aromatic N) is 3. The molecule has 9 nitrogen and oxygen atoms in total. The highest BCUT2D eigenvalue weighted by Gasteiger charge is 2.67. The van der Waals surface area contributed by atoms with Gasteiger partial charge in [0.1, 0.15) is 11.8 Å². The van der Waals surface area contributed by atoms with Crippen LogP contribution >= 0.6 is 15.9 Å². The van der Waals surface area contributed by atoms with Crippen molar-refractivity contribution < 1.29 is 24.0 Å². The number of nitro benzene ring substituents is 1. The first-order valence-corrected chi connectivity index (χ1v) is 12.7. The molecule has 0 spiro atoms. The molecule has 0 aromatic heterocycles. The van der Waals surface area contributed by atoms with Gasteiger partial charge in [0, 0.05) is 29.3 Å². The zero-order valence-electron chi connectivity index (χ0n) is 20.9. The molecule has 39 heavy (non-hydrogen) atoms. The Bertz CT molecular complexity index is 1560. The summed E-state index contributed by atoms with van der Waals surface area (Å²) < 4.78 is 11.1. The summed E-state index contributed by atoms with van der Waals surface area (Å²) in [6, 6.07) is 18.3. The average Bonchev–Trinajstić information content (AvgIpc) is 3.28. The number of hydrogen-bond acceptors (Lipinski definition) is 8. The summed E-state index contributed by atoms with van der Waals surface area (Å²) in [5.41, 5.74) is 0.288. The molecule has 0 aliphatic carbocycles. The Kier molecular flexibility index (Phi) is 6.70. The fourth-order valence-electron chi connectivity index (χ4n) is 5.70. The summed E-state index contributed by atoms with van der Waals surface area (Å²) in [5.74, 6) is -1.61. The summed E-state index contributed by atoms with van der Waals surface area (Å²) in [6.45, 7) is 0. The maximum Gasteiger partial charge on any atom is 0.329 e. The number of fused-ring (bicyclic) bond motifs is 3. The Morgan fingerprint density at radius 1 is 1.10 bits per heavy atom. The summed E-state index contributed by atoms with van der Waals surface area (Å²) in [7, 11) is 2.72. The van der Waals surface area contributed by atoms with Crippen molar-refractivity contribution in [3.63, 3.8) is 0 Å². The highest BCUT2D eigenvalue weighted by molar-refractivity contribution is 9.10. The molecule has 0 saturated carbocycles. The monoisotopic (exact) mass is 587 g/mol. The topological polar surface area (TPSA) is 123 Å². The first kappa shape index (κ1) is 26.1. The number of nitro groups is 1. The number of benzene rings is 3. The number of anilines is 1. The van der Waals surface area contributed by atoms with Gasteiger partial charge in [-0.2, -0.15) is 5.26 Å². The molecular weight excluding hydrogens is 566 g/mol. The van der Waals surface area contributed by atoms with Crippen LogP contribution in [0.1, 0.15) is 27.4 Å². The van der Waals surface area contributed by atoms with Crippen molar-refractivity contribution in [2.24, 2.45) is 5.41 Å². The van der Waals surface area contributed by atoms with Crippen molar-refractivity contribution in [3.8, 4) is 11.8 Å². The Morgan fingerprint density at radius 2 is 1.82 bits per heavy atom. The standard InChI is InChI=1S/C29H22BrN3O6/c1-38-23-13-9-19(15-21(23)30)27(34)26-25(18-7-11-20(12-8-18)33(36)37)29(16-31,28(35)39-2)24-14-10-17-5-3-4-6-22(17)32(24)26/h3-15,24-26H,1-2H3/t24-,25+,26-,29+/m1/s1. The third kappa shape index (κ3) is 3.97. The first-order chi connectivity index (χ1) is 18.8. The number of non-ortho nitro benzene ring substituents is 1. The Hall–Kier alpha value is -4.49. The number of halogens is 1. The van der Waals surface area contributed by atoms with Crippen molar-refractivity contribution in [1.82, 2.24) is 0 Å². The van der Waals surface area contributed by atoms with Crippen LogP contribution in [0.15, 0.2) is 77.3 Å². The number of hydrogen-bond donors (Lipinski definition) is 0. The van der Waals surface area contributed by atoms with Gasteiger partial charge in [-0.05, 0) is 51.3 Å². The van der Waals surface area contributed by atoms with Crippen LogP contribution < -0.4 is 9.64 Å². The van der Waals surface area contributed by atoms with E-state index in [-0.39, 0.29) is 11.5 Å². The molecule has 0 bridgehead atoms. The Labute approximate surface area is 232 Å². The highest BCUT2D eigenvalue weighted by atomic mass is 79.9. The van der Waals surface area contributed by atoms with Crippen LogP contribution in [-0.4, -0.2) is 43.0 Å². The van der Waals surface area contributed by atoms with Crippen LogP contribution in [0.5, 0.6) is 5.75 Å². The molecule has 0 N–H and O–H groups in total. The van der Waals surface area contributed by atoms with Crippen LogP contribution in [0, 0.1) is 26.9 Å². The summed E-state index contributed by atoms with van der Waals surface area (Å²) in [4.78, 5) is 40.7. The van der Waals surface area contributed by atoms with Crippen LogP contribution in [0.3, 0.4) is 0 Å². The van der Waals surface area contributed by atoms with Gasteiger partial charge in [0.15, 0.2) is 11.2 Å². The number of ketones is 1. The van der Waals surface area contributed by atoms with Crippen molar-refractivity contribution >= 4 is 45.1 Å². The second-order valence-electron chi connectivity index (χ2n) is 9.23. The number of methoxy groups -OCH3 is 2. The van der Waals surface area contributed by atoms with Gasteiger partial charge < -0.3 is 14.4 Å². The number of para-hydroxylation sites is 1. The maximum atomic E-state index is 14.4. The number of ether oxygens (including phenoxy) is 2. The van der Waals surface area contributed by atoms with Crippen LogP contribution in [-0.2, 0) is 9.53 Å². The van der Waals surface area contributed by atoms with Gasteiger partial charge in [0.2, 0.25) is 0 Å². The molecular formula is C29H22BrN3O6. The molecule has 196 valence electrons. The summed E-state index contributed by atoms with van der Waals surface area (Å²) in [5, 5.41) is 22.1. The van der Waals surface area contributed by atoms with E-state index in [0.717, 1.165) is 5.56 Å². The Balaban J connectivity index is 1.79. The predicted molar refractivity (Wildman–Crippen MR) is 146 cm³/mol. The highest BCUT2D eigenvalue weighted by Crippen LogP contribution is 2.56. The van der Waals surface area contributed by atoms with Gasteiger partial charge in [0.25, 0.3) is 5.69 Å². The molecule has 2 heterocycles. The van der Waals surface area contributed by atoms with Crippen molar-refractivity contribution in [1.29, 1.82) is 5.26 Å². The molecule has 3 aromatic rings. The van der Waals surface area contributed by atoms with E-state index in [9.17, 15) is 25.0 Å². The van der Waals surface area contributed by atoms with E-state index in [0.29, 0.717) is 27.0 Å². The minimum absolute atomic E-state index is 0.151. The molecule has 3 aromatic carbocycles. The fourth-order valence-corrected chi connectivity index (χ4v) is 6.24. The zero-order valence-corrected chi connectivity index (χ0v) is 22.5. The fraction of sp³-hybridized carbons (Fsp3) is 0.207. The molecule has 0 radical (unpaired) electrons. The van der Waals surface area contributed by atoms with E-state index in [1.54, 1.807) is 24.3 Å². The van der Waals surface area contributed by atoms with Gasteiger partial charge in [0.05, 0.1) is 35.7 Å². The van der Waals surface area contributed by atoms with Gasteiger partial charge in [-0.25, -0.2) is 0 Å². The minimum atomic E-state index is -1.83. The number of carbonyl (C=O) groups is 2. The van der Waals surface area contributed by atoms with Gasteiger partial charge in [-0.1, -0.05) is 42.5 Å². The molecule has 10 heteroatoms. The van der Waals surface area contributed by atoms with Crippen LogP contribution in [0.2, 0.25) is 0 Å². The number of rotatable bonds is 6. The molecule has 2 aliphatic rings. The minimum Gasteiger partial charge on any atom is -0.496 e. The molecule has 4 atom stereocenters. The predicted octanol–water partition coefficient (Wildman–Crippen LogP) is 5.30. The second-order valence-corrected chi connectivity index (χ2v) is 10.1. The molecule has 2 aliphatic heterocycles. The average molecular weight is 588 g/mol. The zero-order chi connectivity index (χ0) is 27.9. The summed E-state index contributed by atoms with van der Waals surface area (Å²) in [6.07, 6.45) is 3.58. The quantitative estimate of drug-likeness (QED) is 0.165. The SMILES string of the molecule is COC(=O)[C@]1(C#N)[C@@H](c2ccc([N+](=O)[O-])cc2)[C@H](C(=O)c2ccc(OC)c(Br)c2)N2c3ccccc3C=C[C@@H]21. The third-order valence-corrected chi connectivity index (χ3v) is 8.04. The van der Waals surface area contributed by atoms with E-state index in [1.807, 2.05) is 35.2 Å². The lowest BCUT2D eigenvalue weighted by Gasteiger charge is -2.36. The van der Waals surface area contributed by atoms with Crippen LogP contribution in [0.4, 0.5) is 11.4 Å². The molecule has 1 fully saturated rings. The van der Waals surface area contributed by atoms with Crippen molar-refractivity contribution in [2.75, 3.05) is 19.1 Å². The summed E-state index contributed by atoms with van der Waals surface area (Å²) >= 11 is 3.44. The first-order valence-electron chi connectivity index (χ1n) is 12.0. The lowest BCUT2D eigenvalue weighted by molar-refractivity contribution is -0.384. The van der Waals surface area contributed by atoms with E-state index >= 15 is 0 Å². The molecule has 1 saturated heterocycles. The normalized spacial score (nSPS) is 22.8. The van der Waals surface area contributed by atoms with E-state index in [1.165, 1.54) is 38.5 Å². The largest absolute Gasteiger partial charge is 0.496 e. The maximum absolute atomic E-state index is 14.4. The van der Waals surface area contributed by atoms with E-state index < -0.39 is 34.3 Å². The third-order valence-electron chi connectivity index (χ3n) is 7.42. The molecule has 0 unspecified atom stereocenters. The smallest absolute Gasteiger partial charge is 0.329 e. The van der Waals surface area contributed by atoms with Crippen LogP contribution in [0.25, 0.3) is 6.08 Å². The number of carbonyl (C=O) groups excluding carboxylic acids is 2. The van der Waals surface area contributed by atoms with E-state index in [4.69, 9.17) is 9.47 Å². The lowest BCUT2D eigenvalue weighted by Crippen LogP contribution is -2.46. The number of nitriles is 1. The second kappa shape index (κ2) is 10.0. The van der Waals surface area contributed by atoms with E-state index in [2.05, 4.69) is 22.0 Å². The number of esters is 1. The van der Waals surface area contributed by atoms with Gasteiger partial charge in [-0.15, -0.1) is 0 Å². The van der Waals surface area contributed by atoms with Crippen molar-refractivity contribution in [2.45, 2.75) is 18.0 Å². The molecule has 0 amide bonds. The lowest BCUT2D eigenvalue weighted by atomic mass is 9.68. The Morgan fingerprint density at radius 3 is 2.44 bits per heavy atom. The molecule has 5 rings (SSSR count).